The normalized spacial score (nSPS) is 10.2. The van der Waals surface area contributed by atoms with E-state index in [1.807, 2.05) is 32.2 Å². The molecule has 16 heavy (non-hydrogen) atoms. The van der Waals surface area contributed by atoms with E-state index in [2.05, 4.69) is 10.3 Å². The standard InChI is InChI=1S/C12H14N2O2/c1-8-7-16-12(14-8)9-4-5-11(15-3)10(6-9)13-2/h4-7,13H,1-3H3. The molecular formula is C12H14N2O2. The first kappa shape index (κ1) is 10.5. The maximum atomic E-state index is 5.34. The van der Waals surface area contributed by atoms with Crippen LogP contribution in [-0.4, -0.2) is 19.1 Å². The van der Waals surface area contributed by atoms with Crippen molar-refractivity contribution in [3.05, 3.63) is 30.2 Å². The summed E-state index contributed by atoms with van der Waals surface area (Å²) >= 11 is 0. The van der Waals surface area contributed by atoms with Crippen LogP contribution < -0.4 is 10.1 Å². The predicted molar refractivity (Wildman–Crippen MR) is 62.8 cm³/mol. The van der Waals surface area contributed by atoms with Gasteiger partial charge in [0.05, 0.1) is 18.5 Å². The zero-order chi connectivity index (χ0) is 11.5. The molecule has 0 aliphatic rings. The molecule has 0 saturated carbocycles. The highest BCUT2D eigenvalue weighted by Gasteiger charge is 2.08. The minimum atomic E-state index is 0.622. The van der Waals surface area contributed by atoms with Crippen molar-refractivity contribution in [3.63, 3.8) is 0 Å². The third-order valence-corrected chi connectivity index (χ3v) is 2.33. The predicted octanol–water partition coefficient (Wildman–Crippen LogP) is 2.70. The fourth-order valence-electron chi connectivity index (χ4n) is 1.52. The molecule has 2 rings (SSSR count). The number of oxazole rings is 1. The monoisotopic (exact) mass is 218 g/mol. The Labute approximate surface area is 94.3 Å². The van der Waals surface area contributed by atoms with Gasteiger partial charge in [0, 0.05) is 12.6 Å². The third kappa shape index (κ3) is 1.86. The van der Waals surface area contributed by atoms with Gasteiger partial charge in [-0.1, -0.05) is 0 Å². The lowest BCUT2D eigenvalue weighted by Gasteiger charge is -2.08. The lowest BCUT2D eigenvalue weighted by Crippen LogP contribution is -1.94. The van der Waals surface area contributed by atoms with Crippen molar-refractivity contribution >= 4 is 5.69 Å². The molecule has 2 aromatic rings. The van der Waals surface area contributed by atoms with E-state index in [4.69, 9.17) is 9.15 Å². The summed E-state index contributed by atoms with van der Waals surface area (Å²) in [7, 11) is 3.49. The maximum Gasteiger partial charge on any atom is 0.226 e. The van der Waals surface area contributed by atoms with Gasteiger partial charge in [-0.05, 0) is 25.1 Å². The van der Waals surface area contributed by atoms with Crippen LogP contribution in [0, 0.1) is 6.92 Å². The number of aromatic nitrogens is 1. The molecule has 0 unspecified atom stereocenters. The first-order valence-corrected chi connectivity index (χ1v) is 5.03. The van der Waals surface area contributed by atoms with Gasteiger partial charge in [0.15, 0.2) is 0 Å². The summed E-state index contributed by atoms with van der Waals surface area (Å²) in [4.78, 5) is 4.28. The molecule has 1 aromatic carbocycles. The average Bonchev–Trinajstić information content (AvgIpc) is 2.75. The summed E-state index contributed by atoms with van der Waals surface area (Å²) in [5.74, 6) is 1.42. The number of ether oxygens (including phenoxy) is 1. The van der Waals surface area contributed by atoms with Gasteiger partial charge in [-0.3, -0.25) is 0 Å². The van der Waals surface area contributed by atoms with Gasteiger partial charge in [-0.2, -0.15) is 0 Å². The second kappa shape index (κ2) is 4.26. The molecular weight excluding hydrogens is 204 g/mol. The molecule has 0 aliphatic heterocycles. The molecule has 0 fully saturated rings. The summed E-state index contributed by atoms with van der Waals surface area (Å²) in [6.07, 6.45) is 1.64. The van der Waals surface area contributed by atoms with Crippen molar-refractivity contribution in [3.8, 4) is 17.2 Å². The smallest absolute Gasteiger partial charge is 0.226 e. The topological polar surface area (TPSA) is 47.3 Å². The minimum Gasteiger partial charge on any atom is -0.495 e. The van der Waals surface area contributed by atoms with Crippen LogP contribution in [0.3, 0.4) is 0 Å². The second-order valence-corrected chi connectivity index (χ2v) is 3.46. The lowest BCUT2D eigenvalue weighted by molar-refractivity contribution is 0.416. The Bertz CT molecular complexity index is 492. The van der Waals surface area contributed by atoms with Gasteiger partial charge in [-0.15, -0.1) is 0 Å². The molecule has 0 spiro atoms. The molecule has 1 aromatic heterocycles. The molecule has 0 saturated heterocycles. The van der Waals surface area contributed by atoms with Crippen molar-refractivity contribution in [2.45, 2.75) is 6.92 Å². The van der Waals surface area contributed by atoms with E-state index in [1.165, 1.54) is 0 Å². The average molecular weight is 218 g/mol. The maximum absolute atomic E-state index is 5.34. The van der Waals surface area contributed by atoms with Gasteiger partial charge >= 0.3 is 0 Å². The number of hydrogen-bond acceptors (Lipinski definition) is 4. The third-order valence-electron chi connectivity index (χ3n) is 2.33. The van der Waals surface area contributed by atoms with E-state index < -0.39 is 0 Å². The van der Waals surface area contributed by atoms with E-state index in [0.717, 1.165) is 22.7 Å². The molecule has 84 valence electrons. The van der Waals surface area contributed by atoms with Gasteiger partial charge in [0.2, 0.25) is 5.89 Å². The van der Waals surface area contributed by atoms with Crippen molar-refractivity contribution in [1.29, 1.82) is 0 Å². The number of benzene rings is 1. The highest BCUT2D eigenvalue weighted by atomic mass is 16.5. The summed E-state index contributed by atoms with van der Waals surface area (Å²) in [6, 6.07) is 5.76. The van der Waals surface area contributed by atoms with E-state index in [-0.39, 0.29) is 0 Å². The van der Waals surface area contributed by atoms with Crippen LogP contribution in [0.2, 0.25) is 0 Å². The molecule has 0 radical (unpaired) electrons. The molecule has 0 bridgehead atoms. The largest absolute Gasteiger partial charge is 0.495 e. The van der Waals surface area contributed by atoms with Crippen LogP contribution >= 0.6 is 0 Å². The molecule has 4 heteroatoms. The molecule has 0 aliphatic carbocycles. The number of hydrogen-bond donors (Lipinski definition) is 1. The van der Waals surface area contributed by atoms with E-state index in [1.54, 1.807) is 13.4 Å². The van der Waals surface area contributed by atoms with Crippen molar-refractivity contribution in [1.82, 2.24) is 4.98 Å². The molecule has 1 heterocycles. The number of anilines is 1. The summed E-state index contributed by atoms with van der Waals surface area (Å²) in [6.45, 7) is 1.90. The van der Waals surface area contributed by atoms with Crippen LogP contribution in [0.25, 0.3) is 11.5 Å². The fraction of sp³-hybridized carbons (Fsp3) is 0.250. The van der Waals surface area contributed by atoms with Crippen LogP contribution in [0.1, 0.15) is 5.69 Å². The van der Waals surface area contributed by atoms with E-state index in [0.29, 0.717) is 5.89 Å². The summed E-state index contributed by atoms with van der Waals surface area (Å²) in [5, 5.41) is 3.07. The SMILES string of the molecule is CNc1cc(-c2nc(C)co2)ccc1OC. The lowest BCUT2D eigenvalue weighted by atomic mass is 10.2. The van der Waals surface area contributed by atoms with Gasteiger partial charge in [0.25, 0.3) is 0 Å². The Morgan fingerprint density at radius 3 is 2.75 bits per heavy atom. The second-order valence-electron chi connectivity index (χ2n) is 3.46. The minimum absolute atomic E-state index is 0.622. The van der Waals surface area contributed by atoms with Crippen molar-refractivity contribution in [2.75, 3.05) is 19.5 Å². The Balaban J connectivity index is 2.43. The van der Waals surface area contributed by atoms with Gasteiger partial charge < -0.3 is 14.5 Å². The Kier molecular flexibility index (Phi) is 2.81. The molecule has 1 N–H and O–H groups in total. The van der Waals surface area contributed by atoms with Crippen molar-refractivity contribution in [2.24, 2.45) is 0 Å². The van der Waals surface area contributed by atoms with E-state index >= 15 is 0 Å². The first-order valence-electron chi connectivity index (χ1n) is 5.03. The van der Waals surface area contributed by atoms with Gasteiger partial charge in [0.1, 0.15) is 12.0 Å². The van der Waals surface area contributed by atoms with Crippen LogP contribution in [0.5, 0.6) is 5.75 Å². The van der Waals surface area contributed by atoms with Gasteiger partial charge in [-0.25, -0.2) is 4.98 Å². The number of methoxy groups -OCH3 is 1. The molecule has 0 atom stereocenters. The van der Waals surface area contributed by atoms with E-state index in [9.17, 15) is 0 Å². The van der Waals surface area contributed by atoms with Crippen LogP contribution in [-0.2, 0) is 0 Å². The Hall–Kier alpha value is -1.97. The summed E-state index contributed by atoms with van der Waals surface area (Å²) in [5.41, 5.74) is 2.71. The zero-order valence-corrected chi connectivity index (χ0v) is 9.57. The number of nitrogens with one attached hydrogen (secondary N) is 1. The number of rotatable bonds is 3. The van der Waals surface area contributed by atoms with Crippen LogP contribution in [0.15, 0.2) is 28.9 Å². The molecule has 0 amide bonds. The zero-order valence-electron chi connectivity index (χ0n) is 9.57. The fourth-order valence-corrected chi connectivity index (χ4v) is 1.52. The Morgan fingerprint density at radius 1 is 1.38 bits per heavy atom. The highest BCUT2D eigenvalue weighted by Crippen LogP contribution is 2.29. The quantitative estimate of drug-likeness (QED) is 0.860. The highest BCUT2D eigenvalue weighted by molar-refractivity contribution is 5.67. The molecule has 4 nitrogen and oxygen atoms in total. The van der Waals surface area contributed by atoms with Crippen LogP contribution in [0.4, 0.5) is 5.69 Å². The number of aryl methyl sites for hydroxylation is 1. The van der Waals surface area contributed by atoms with Crippen molar-refractivity contribution < 1.29 is 9.15 Å². The Morgan fingerprint density at radius 2 is 2.19 bits per heavy atom. The number of nitrogens with zero attached hydrogens (tertiary/aromatic N) is 1. The summed E-state index contributed by atoms with van der Waals surface area (Å²) < 4.78 is 10.6. The first-order chi connectivity index (χ1) is 7.74.